The van der Waals surface area contributed by atoms with E-state index >= 15 is 0 Å². The molecule has 3 heterocycles. The molecule has 0 aliphatic carbocycles. The van der Waals surface area contributed by atoms with Gasteiger partial charge in [0.05, 0.1) is 11.7 Å². The Bertz CT molecular complexity index is 983. The summed E-state index contributed by atoms with van der Waals surface area (Å²) < 4.78 is 6.01. The van der Waals surface area contributed by atoms with Crippen molar-refractivity contribution in [2.75, 3.05) is 29.9 Å². The van der Waals surface area contributed by atoms with Gasteiger partial charge in [-0.2, -0.15) is 5.10 Å². The summed E-state index contributed by atoms with van der Waals surface area (Å²) in [5, 5.41) is 11.1. The summed E-state index contributed by atoms with van der Waals surface area (Å²) in [6.45, 7) is 6.22. The minimum Gasteiger partial charge on any atom is -0.483 e. The number of rotatable bonds is 3. The SMILES string of the molecule is Cc1ccccc1-c1cc2c(cc1NC1CNC1)N1C(=NNC(=O)C1C)CO2. The van der Waals surface area contributed by atoms with Crippen LogP contribution in [0.3, 0.4) is 0 Å². The summed E-state index contributed by atoms with van der Waals surface area (Å²) in [7, 11) is 0. The third kappa shape index (κ3) is 2.70. The molecule has 2 aromatic carbocycles. The molecule has 0 bridgehead atoms. The van der Waals surface area contributed by atoms with Gasteiger partial charge in [-0.15, -0.1) is 0 Å². The van der Waals surface area contributed by atoms with E-state index in [9.17, 15) is 4.79 Å². The fourth-order valence-corrected chi connectivity index (χ4v) is 3.90. The minimum absolute atomic E-state index is 0.114. The Labute approximate surface area is 163 Å². The zero-order valence-electron chi connectivity index (χ0n) is 16.0. The molecule has 5 rings (SSSR count). The summed E-state index contributed by atoms with van der Waals surface area (Å²) in [6, 6.07) is 12.6. The van der Waals surface area contributed by atoms with Crippen molar-refractivity contribution in [3.8, 4) is 16.9 Å². The van der Waals surface area contributed by atoms with Gasteiger partial charge < -0.3 is 20.3 Å². The number of anilines is 2. The number of carbonyl (C=O) groups is 1. The smallest absolute Gasteiger partial charge is 0.262 e. The van der Waals surface area contributed by atoms with Crippen molar-refractivity contribution in [1.82, 2.24) is 10.7 Å². The highest BCUT2D eigenvalue weighted by atomic mass is 16.5. The second kappa shape index (κ2) is 6.53. The Hall–Kier alpha value is -3.06. The molecule has 0 spiro atoms. The van der Waals surface area contributed by atoms with Gasteiger partial charge in [-0.05, 0) is 37.1 Å². The van der Waals surface area contributed by atoms with Crippen molar-refractivity contribution in [3.05, 3.63) is 42.0 Å². The fourth-order valence-electron chi connectivity index (χ4n) is 3.90. The number of hydrazone groups is 1. The van der Waals surface area contributed by atoms with Gasteiger partial charge in [0.1, 0.15) is 18.4 Å². The Kier molecular flexibility index (Phi) is 3.98. The van der Waals surface area contributed by atoms with E-state index in [-0.39, 0.29) is 11.9 Å². The number of hydrogen-bond acceptors (Lipinski definition) is 6. The van der Waals surface area contributed by atoms with Crippen LogP contribution in [-0.4, -0.2) is 43.5 Å². The highest BCUT2D eigenvalue weighted by Gasteiger charge is 2.36. The molecule has 3 aliphatic rings. The zero-order valence-corrected chi connectivity index (χ0v) is 16.0. The van der Waals surface area contributed by atoms with Crippen molar-refractivity contribution < 1.29 is 9.53 Å². The van der Waals surface area contributed by atoms with Crippen LogP contribution < -0.4 is 25.7 Å². The number of fused-ring (bicyclic) bond motifs is 3. The quantitative estimate of drug-likeness (QED) is 0.763. The van der Waals surface area contributed by atoms with Gasteiger partial charge in [-0.25, -0.2) is 5.43 Å². The molecule has 1 fully saturated rings. The number of hydrogen-bond donors (Lipinski definition) is 3. The maximum absolute atomic E-state index is 12.2. The minimum atomic E-state index is -0.335. The van der Waals surface area contributed by atoms with Crippen molar-refractivity contribution >= 4 is 23.1 Å². The predicted octanol–water partition coefficient (Wildman–Crippen LogP) is 2.08. The topological polar surface area (TPSA) is 78.0 Å². The van der Waals surface area contributed by atoms with Gasteiger partial charge in [-0.3, -0.25) is 4.79 Å². The largest absolute Gasteiger partial charge is 0.483 e. The summed E-state index contributed by atoms with van der Waals surface area (Å²) in [4.78, 5) is 14.2. The van der Waals surface area contributed by atoms with Crippen molar-refractivity contribution in [2.45, 2.75) is 25.9 Å². The van der Waals surface area contributed by atoms with Crippen LogP contribution in [0.2, 0.25) is 0 Å². The van der Waals surface area contributed by atoms with Crippen LogP contribution in [-0.2, 0) is 4.79 Å². The summed E-state index contributed by atoms with van der Waals surface area (Å²) in [5.74, 6) is 1.38. The van der Waals surface area contributed by atoms with E-state index in [1.54, 1.807) is 0 Å². The first-order valence-electron chi connectivity index (χ1n) is 9.61. The van der Waals surface area contributed by atoms with Gasteiger partial charge in [-0.1, -0.05) is 24.3 Å². The first-order valence-corrected chi connectivity index (χ1v) is 9.61. The first-order chi connectivity index (χ1) is 13.6. The number of amidine groups is 1. The lowest BCUT2D eigenvalue weighted by atomic mass is 9.96. The van der Waals surface area contributed by atoms with Crippen LogP contribution in [0.1, 0.15) is 12.5 Å². The molecule has 1 amide bonds. The Morgan fingerprint density at radius 3 is 2.79 bits per heavy atom. The number of carbonyl (C=O) groups excluding carboxylic acids is 1. The van der Waals surface area contributed by atoms with Crippen LogP contribution in [0.15, 0.2) is 41.5 Å². The number of nitrogens with one attached hydrogen (secondary N) is 3. The monoisotopic (exact) mass is 377 g/mol. The normalized spacial score (nSPS) is 20.9. The van der Waals surface area contributed by atoms with Gasteiger partial charge in [0, 0.05) is 24.3 Å². The summed E-state index contributed by atoms with van der Waals surface area (Å²) in [6.07, 6.45) is 0. The number of aryl methyl sites for hydroxylation is 1. The van der Waals surface area contributed by atoms with Crippen LogP contribution >= 0.6 is 0 Å². The molecule has 7 heteroatoms. The van der Waals surface area contributed by atoms with Gasteiger partial charge in [0.2, 0.25) is 0 Å². The van der Waals surface area contributed by atoms with Gasteiger partial charge >= 0.3 is 0 Å². The van der Waals surface area contributed by atoms with Crippen LogP contribution in [0.4, 0.5) is 11.4 Å². The van der Waals surface area contributed by atoms with Crippen LogP contribution in [0, 0.1) is 6.92 Å². The number of amides is 1. The van der Waals surface area contributed by atoms with Crippen LogP contribution in [0.25, 0.3) is 11.1 Å². The summed E-state index contributed by atoms with van der Waals surface area (Å²) >= 11 is 0. The molecule has 28 heavy (non-hydrogen) atoms. The zero-order chi connectivity index (χ0) is 19.3. The van der Waals surface area contributed by atoms with E-state index in [1.807, 2.05) is 17.9 Å². The fraction of sp³-hybridized carbons (Fsp3) is 0.333. The van der Waals surface area contributed by atoms with Gasteiger partial charge in [0.15, 0.2) is 5.84 Å². The number of benzene rings is 2. The Balaban J connectivity index is 1.65. The maximum Gasteiger partial charge on any atom is 0.262 e. The van der Waals surface area contributed by atoms with Gasteiger partial charge in [0.25, 0.3) is 5.91 Å². The first kappa shape index (κ1) is 17.1. The molecule has 7 nitrogen and oxygen atoms in total. The Morgan fingerprint density at radius 1 is 1.21 bits per heavy atom. The highest BCUT2D eigenvalue weighted by Crippen LogP contribution is 2.43. The van der Waals surface area contributed by atoms with E-state index in [4.69, 9.17) is 4.74 Å². The molecule has 0 saturated carbocycles. The molecule has 3 aliphatic heterocycles. The molecular formula is C21H23N5O2. The molecule has 3 N–H and O–H groups in total. The predicted molar refractivity (Wildman–Crippen MR) is 110 cm³/mol. The number of ether oxygens (including phenoxy) is 1. The van der Waals surface area contributed by atoms with Crippen molar-refractivity contribution in [1.29, 1.82) is 0 Å². The molecule has 0 aromatic heterocycles. The van der Waals surface area contributed by atoms with E-state index in [1.165, 1.54) is 11.1 Å². The molecular weight excluding hydrogens is 354 g/mol. The van der Waals surface area contributed by atoms with Crippen molar-refractivity contribution in [3.63, 3.8) is 0 Å². The Morgan fingerprint density at radius 2 is 2.04 bits per heavy atom. The second-order valence-electron chi connectivity index (χ2n) is 7.52. The maximum atomic E-state index is 12.2. The molecule has 0 radical (unpaired) electrons. The molecule has 1 unspecified atom stereocenters. The number of nitrogens with zero attached hydrogens (tertiary/aromatic N) is 2. The molecule has 2 aromatic rings. The van der Waals surface area contributed by atoms with Crippen LogP contribution in [0.5, 0.6) is 5.75 Å². The van der Waals surface area contributed by atoms with Crippen molar-refractivity contribution in [2.24, 2.45) is 5.10 Å². The van der Waals surface area contributed by atoms with E-state index in [0.717, 1.165) is 41.6 Å². The molecule has 144 valence electrons. The lowest BCUT2D eigenvalue weighted by Crippen LogP contribution is -2.55. The lowest BCUT2D eigenvalue weighted by molar-refractivity contribution is -0.122. The average molecular weight is 377 g/mol. The van der Waals surface area contributed by atoms with E-state index in [0.29, 0.717) is 12.6 Å². The second-order valence-corrected chi connectivity index (χ2v) is 7.52. The highest BCUT2D eigenvalue weighted by molar-refractivity contribution is 6.10. The van der Waals surface area contributed by atoms with E-state index in [2.05, 4.69) is 58.4 Å². The third-order valence-corrected chi connectivity index (χ3v) is 5.63. The standard InChI is InChI=1S/C21H23N5O2/c1-12-5-3-4-6-15(12)16-7-19-18(8-17(16)23-14-9-22-10-14)26-13(2)21(27)25-24-20(26)11-28-19/h3-8,13-14,22-23H,9-11H2,1-2H3,(H,25,27). The summed E-state index contributed by atoms with van der Waals surface area (Å²) in [5.41, 5.74) is 7.99. The molecule has 1 saturated heterocycles. The average Bonchev–Trinajstić information content (AvgIpc) is 2.67. The lowest BCUT2D eigenvalue weighted by Gasteiger charge is -2.39. The van der Waals surface area contributed by atoms with E-state index < -0.39 is 0 Å². The third-order valence-electron chi connectivity index (χ3n) is 5.63. The molecule has 1 atom stereocenters.